The Hall–Kier alpha value is -3.24. The number of nitrogens with zero attached hydrogens (tertiary/aromatic N) is 1. The zero-order valence-corrected chi connectivity index (χ0v) is 16.6. The van der Waals surface area contributed by atoms with Gasteiger partial charge in [-0.15, -0.1) is 0 Å². The molecule has 5 rings (SSSR count). The Kier molecular flexibility index (Phi) is 4.93. The van der Waals surface area contributed by atoms with Crippen LogP contribution >= 0.6 is 11.8 Å². The van der Waals surface area contributed by atoms with E-state index < -0.39 is 0 Å². The molecule has 0 bridgehead atoms. The summed E-state index contributed by atoms with van der Waals surface area (Å²) in [6.07, 6.45) is 0. The predicted molar refractivity (Wildman–Crippen MR) is 121 cm³/mol. The molecule has 0 aromatic heterocycles. The molecule has 0 aliphatic carbocycles. The maximum absolute atomic E-state index is 5.99. The summed E-state index contributed by atoms with van der Waals surface area (Å²) in [5.74, 6) is 0.870. The molecule has 1 heterocycles. The summed E-state index contributed by atoms with van der Waals surface area (Å²) in [6, 6.07) is 33.3. The summed E-state index contributed by atoms with van der Waals surface area (Å²) in [4.78, 5) is 0. The summed E-state index contributed by atoms with van der Waals surface area (Å²) in [7, 11) is 0. The molecule has 0 amide bonds. The fourth-order valence-electron chi connectivity index (χ4n) is 3.37. The van der Waals surface area contributed by atoms with E-state index in [1.54, 1.807) is 11.8 Å². The van der Waals surface area contributed by atoms with Gasteiger partial charge in [-0.1, -0.05) is 90.6 Å². The van der Waals surface area contributed by atoms with E-state index in [-0.39, 0.29) is 5.37 Å². The summed E-state index contributed by atoms with van der Waals surface area (Å²) in [6.45, 7) is 0.557. The van der Waals surface area contributed by atoms with Crippen molar-refractivity contribution in [3.05, 3.63) is 114 Å². The highest BCUT2D eigenvalue weighted by Gasteiger charge is 2.21. The predicted octanol–water partition coefficient (Wildman–Crippen LogP) is 6.12. The Morgan fingerprint density at radius 2 is 1.55 bits per heavy atom. The minimum Gasteiger partial charge on any atom is -0.489 e. The van der Waals surface area contributed by atoms with E-state index in [0.717, 1.165) is 16.4 Å². The van der Waals surface area contributed by atoms with Crippen LogP contribution in [0.15, 0.2) is 102 Å². The van der Waals surface area contributed by atoms with Gasteiger partial charge in [0.15, 0.2) is 0 Å². The van der Waals surface area contributed by atoms with Crippen LogP contribution in [0.4, 0.5) is 0 Å². The average Bonchev–Trinajstić information content (AvgIpc) is 3.29. The van der Waals surface area contributed by atoms with Crippen molar-refractivity contribution < 1.29 is 4.74 Å². The number of benzene rings is 4. The van der Waals surface area contributed by atoms with E-state index >= 15 is 0 Å². The van der Waals surface area contributed by atoms with E-state index in [9.17, 15) is 0 Å². The van der Waals surface area contributed by atoms with Crippen molar-refractivity contribution in [2.24, 2.45) is 5.10 Å². The third-order valence-electron chi connectivity index (χ3n) is 4.94. The number of ether oxygens (including phenoxy) is 1. The number of hydrogen-bond donors (Lipinski definition) is 1. The minimum absolute atomic E-state index is 0.125. The van der Waals surface area contributed by atoms with Crippen LogP contribution in [0.5, 0.6) is 5.75 Å². The molecule has 0 saturated carbocycles. The van der Waals surface area contributed by atoms with Crippen LogP contribution in [-0.4, -0.2) is 5.04 Å². The number of thioether (sulfide) groups is 1. The van der Waals surface area contributed by atoms with Gasteiger partial charge in [-0.05, 0) is 40.1 Å². The van der Waals surface area contributed by atoms with Gasteiger partial charge in [0.2, 0.25) is 0 Å². The third kappa shape index (κ3) is 3.98. The highest BCUT2D eigenvalue weighted by Crippen LogP contribution is 2.34. The maximum Gasteiger partial charge on any atom is 0.126 e. The number of rotatable bonds is 5. The first-order valence-corrected chi connectivity index (χ1v) is 10.5. The summed E-state index contributed by atoms with van der Waals surface area (Å²) >= 11 is 1.73. The van der Waals surface area contributed by atoms with Gasteiger partial charge in [0.25, 0.3) is 0 Å². The molecule has 1 aliphatic heterocycles. The van der Waals surface area contributed by atoms with Crippen LogP contribution in [-0.2, 0) is 6.61 Å². The van der Waals surface area contributed by atoms with E-state index in [2.05, 4.69) is 77.3 Å². The van der Waals surface area contributed by atoms with Crippen LogP contribution in [0.1, 0.15) is 22.1 Å². The van der Waals surface area contributed by atoms with Gasteiger partial charge in [0, 0.05) is 5.56 Å². The minimum atomic E-state index is 0.125. The average molecular weight is 397 g/mol. The number of hydrogen-bond acceptors (Lipinski definition) is 4. The maximum atomic E-state index is 5.99. The van der Waals surface area contributed by atoms with E-state index in [1.807, 2.05) is 30.3 Å². The fourth-order valence-corrected chi connectivity index (χ4v) is 4.37. The molecule has 4 aromatic rings. The van der Waals surface area contributed by atoms with Gasteiger partial charge >= 0.3 is 0 Å². The zero-order chi connectivity index (χ0) is 19.5. The summed E-state index contributed by atoms with van der Waals surface area (Å²) in [5.41, 5.74) is 6.72. The van der Waals surface area contributed by atoms with Crippen molar-refractivity contribution >= 4 is 27.6 Å². The third-order valence-corrected chi connectivity index (χ3v) is 6.10. The molecule has 29 heavy (non-hydrogen) atoms. The second kappa shape index (κ2) is 8.02. The molecule has 1 aliphatic rings. The van der Waals surface area contributed by atoms with E-state index in [1.165, 1.54) is 21.9 Å². The van der Waals surface area contributed by atoms with Crippen LogP contribution < -0.4 is 10.2 Å². The molecule has 0 spiro atoms. The number of fused-ring (bicyclic) bond motifs is 1. The van der Waals surface area contributed by atoms with E-state index in [4.69, 9.17) is 4.74 Å². The van der Waals surface area contributed by atoms with Crippen molar-refractivity contribution in [3.63, 3.8) is 0 Å². The fraction of sp³-hybridized carbons (Fsp3) is 0.0800. The normalized spacial score (nSPS) is 15.7. The highest BCUT2D eigenvalue weighted by molar-refractivity contribution is 8.14. The smallest absolute Gasteiger partial charge is 0.126 e. The molecule has 142 valence electrons. The van der Waals surface area contributed by atoms with Gasteiger partial charge in [0.1, 0.15) is 22.8 Å². The first-order valence-electron chi connectivity index (χ1n) is 9.61. The Bertz CT molecular complexity index is 1160. The van der Waals surface area contributed by atoms with E-state index in [0.29, 0.717) is 6.61 Å². The van der Waals surface area contributed by atoms with Gasteiger partial charge < -0.3 is 4.74 Å². The monoisotopic (exact) mass is 396 g/mol. The largest absolute Gasteiger partial charge is 0.489 e. The molecule has 1 N–H and O–H groups in total. The first kappa shape index (κ1) is 17.8. The quantitative estimate of drug-likeness (QED) is 0.441. The van der Waals surface area contributed by atoms with Crippen LogP contribution in [0.25, 0.3) is 10.8 Å². The topological polar surface area (TPSA) is 33.6 Å². The second-order valence-electron chi connectivity index (χ2n) is 6.95. The van der Waals surface area contributed by atoms with Crippen molar-refractivity contribution in [1.82, 2.24) is 5.43 Å². The summed E-state index contributed by atoms with van der Waals surface area (Å²) < 4.78 is 5.99. The molecule has 0 radical (unpaired) electrons. The van der Waals surface area contributed by atoms with Crippen molar-refractivity contribution in [3.8, 4) is 5.75 Å². The Balaban J connectivity index is 1.21. The molecule has 4 aromatic carbocycles. The first-order chi connectivity index (χ1) is 14.3. The Morgan fingerprint density at radius 3 is 2.38 bits per heavy atom. The lowest BCUT2D eigenvalue weighted by Gasteiger charge is -2.11. The number of nitrogens with one attached hydrogen (secondary N) is 1. The molecule has 0 unspecified atom stereocenters. The summed E-state index contributed by atoms with van der Waals surface area (Å²) in [5, 5.41) is 8.12. The lowest BCUT2D eigenvalue weighted by atomic mass is 10.1. The van der Waals surface area contributed by atoms with Gasteiger partial charge in [-0.25, -0.2) is 0 Å². The van der Waals surface area contributed by atoms with Gasteiger partial charge in [0.05, 0.1) is 0 Å². The Morgan fingerprint density at radius 1 is 0.793 bits per heavy atom. The SMILES string of the molecule is c1ccc(C2=NN[C@@H](c3ccc(OCc4ccc5ccccc5c4)cc3)S2)cc1. The van der Waals surface area contributed by atoms with Crippen LogP contribution in [0, 0.1) is 0 Å². The molecule has 3 nitrogen and oxygen atoms in total. The second-order valence-corrected chi connectivity index (χ2v) is 8.04. The molecule has 4 heteroatoms. The lowest BCUT2D eigenvalue weighted by molar-refractivity contribution is 0.306. The molecular formula is C25H20N2OS. The molecule has 0 saturated heterocycles. The highest BCUT2D eigenvalue weighted by atomic mass is 32.2. The molecular weight excluding hydrogens is 376 g/mol. The van der Waals surface area contributed by atoms with Gasteiger partial charge in [-0.3, -0.25) is 5.43 Å². The zero-order valence-electron chi connectivity index (χ0n) is 15.8. The molecule has 0 fully saturated rings. The molecule has 1 atom stereocenters. The van der Waals surface area contributed by atoms with Crippen LogP contribution in [0.3, 0.4) is 0 Å². The van der Waals surface area contributed by atoms with Gasteiger partial charge in [-0.2, -0.15) is 5.10 Å². The van der Waals surface area contributed by atoms with Crippen molar-refractivity contribution in [1.29, 1.82) is 0 Å². The van der Waals surface area contributed by atoms with Crippen molar-refractivity contribution in [2.45, 2.75) is 12.0 Å². The Labute approximate surface area is 174 Å². The number of hydrazone groups is 1. The lowest BCUT2D eigenvalue weighted by Crippen LogP contribution is -2.06. The standard InChI is InChI=1S/C25H20N2OS/c1-2-7-20(8-3-1)24-26-27-25(29-24)21-12-14-23(15-13-21)28-17-18-10-11-19-6-4-5-9-22(19)16-18/h1-16,25,27H,17H2/t25-/m1/s1. The van der Waals surface area contributed by atoms with Crippen LogP contribution in [0.2, 0.25) is 0 Å². The van der Waals surface area contributed by atoms with Crippen molar-refractivity contribution in [2.75, 3.05) is 0 Å².